The van der Waals surface area contributed by atoms with Crippen LogP contribution in [-0.2, 0) is 17.8 Å². The summed E-state index contributed by atoms with van der Waals surface area (Å²) in [6.07, 6.45) is 3.04. The predicted octanol–water partition coefficient (Wildman–Crippen LogP) is 4.31. The zero-order valence-electron chi connectivity index (χ0n) is 21.3. The van der Waals surface area contributed by atoms with Crippen LogP contribution in [0.4, 0.5) is 0 Å². The maximum atomic E-state index is 13.2. The first kappa shape index (κ1) is 24.3. The van der Waals surface area contributed by atoms with Gasteiger partial charge in [-0.15, -0.1) is 5.10 Å². The van der Waals surface area contributed by atoms with Crippen LogP contribution in [-0.4, -0.2) is 49.3 Å². The van der Waals surface area contributed by atoms with E-state index in [1.165, 1.54) is 5.56 Å². The van der Waals surface area contributed by atoms with Gasteiger partial charge < -0.3 is 9.72 Å². The molecular weight excluding hydrogens is 452 g/mol. The van der Waals surface area contributed by atoms with E-state index in [0.717, 1.165) is 65.8 Å². The van der Waals surface area contributed by atoms with Gasteiger partial charge in [0.1, 0.15) is 0 Å². The van der Waals surface area contributed by atoms with Gasteiger partial charge in [0.05, 0.1) is 24.2 Å². The summed E-state index contributed by atoms with van der Waals surface area (Å²) in [5.41, 5.74) is 5.02. The summed E-state index contributed by atoms with van der Waals surface area (Å²) in [4.78, 5) is 18.7. The van der Waals surface area contributed by atoms with Crippen molar-refractivity contribution >= 4 is 10.9 Å². The van der Waals surface area contributed by atoms with Gasteiger partial charge in [-0.3, -0.25) is 9.69 Å². The topological polar surface area (TPSA) is 88.9 Å². The van der Waals surface area contributed by atoms with Crippen LogP contribution in [0.25, 0.3) is 10.9 Å². The van der Waals surface area contributed by atoms with E-state index in [9.17, 15) is 4.79 Å². The van der Waals surface area contributed by atoms with E-state index in [0.29, 0.717) is 13.1 Å². The van der Waals surface area contributed by atoms with E-state index in [2.05, 4.69) is 70.4 Å². The van der Waals surface area contributed by atoms with Crippen molar-refractivity contribution in [3.8, 4) is 0 Å². The standard InChI is InChI=1S/C28H34N6O2/c1-4-25(27-30-31-32-34(27)16-21-9-6-5-7-10-21)33(18-24-11-8-14-36-24)17-23-15-22-13-12-19(2)20(3)26(22)29-28(23)35/h5-7,9-10,12-13,15,24-25H,4,8,11,14,16-18H2,1-3H3,(H,29,35)/t24-,25+/m0/s1. The second kappa shape index (κ2) is 10.7. The lowest BCUT2D eigenvalue weighted by molar-refractivity contribution is 0.0489. The summed E-state index contributed by atoms with van der Waals surface area (Å²) < 4.78 is 7.88. The molecule has 0 aliphatic carbocycles. The summed E-state index contributed by atoms with van der Waals surface area (Å²) >= 11 is 0. The Bertz CT molecular complexity index is 1370. The number of aryl methyl sites for hydroxylation is 2. The summed E-state index contributed by atoms with van der Waals surface area (Å²) in [7, 11) is 0. The van der Waals surface area contributed by atoms with Crippen LogP contribution in [0.2, 0.25) is 0 Å². The highest BCUT2D eigenvalue weighted by Gasteiger charge is 2.29. The quantitative estimate of drug-likeness (QED) is 0.379. The van der Waals surface area contributed by atoms with Crippen LogP contribution in [0, 0.1) is 13.8 Å². The lowest BCUT2D eigenvalue weighted by atomic mass is 10.0. The fraction of sp³-hybridized carbons (Fsp3) is 0.429. The zero-order valence-corrected chi connectivity index (χ0v) is 21.3. The lowest BCUT2D eigenvalue weighted by Gasteiger charge is -2.32. The molecule has 188 valence electrons. The van der Waals surface area contributed by atoms with Gasteiger partial charge in [-0.2, -0.15) is 0 Å². The molecule has 1 saturated heterocycles. The van der Waals surface area contributed by atoms with Crippen molar-refractivity contribution in [3.05, 3.63) is 87.0 Å². The number of H-pyrrole nitrogens is 1. The van der Waals surface area contributed by atoms with Gasteiger partial charge in [-0.1, -0.05) is 49.4 Å². The third-order valence-corrected chi connectivity index (χ3v) is 7.32. The molecular formula is C28H34N6O2. The molecule has 5 rings (SSSR count). The van der Waals surface area contributed by atoms with Crippen LogP contribution in [0.15, 0.2) is 53.3 Å². The molecule has 0 radical (unpaired) electrons. The van der Waals surface area contributed by atoms with Gasteiger partial charge in [0.2, 0.25) is 0 Å². The highest BCUT2D eigenvalue weighted by atomic mass is 16.5. The monoisotopic (exact) mass is 486 g/mol. The number of aromatic nitrogens is 5. The molecule has 8 heteroatoms. The molecule has 1 N–H and O–H groups in total. The average molecular weight is 487 g/mol. The number of hydrogen-bond acceptors (Lipinski definition) is 6. The molecule has 8 nitrogen and oxygen atoms in total. The molecule has 0 amide bonds. The van der Waals surface area contributed by atoms with Crippen molar-refractivity contribution in [2.75, 3.05) is 13.2 Å². The molecule has 2 atom stereocenters. The second-order valence-electron chi connectivity index (χ2n) is 9.76. The largest absolute Gasteiger partial charge is 0.377 e. The number of hydrogen-bond donors (Lipinski definition) is 1. The number of ether oxygens (including phenoxy) is 1. The number of rotatable bonds is 9. The van der Waals surface area contributed by atoms with Gasteiger partial charge >= 0.3 is 0 Å². The molecule has 1 aliphatic rings. The minimum absolute atomic E-state index is 0.0488. The van der Waals surface area contributed by atoms with Gasteiger partial charge in [0.25, 0.3) is 5.56 Å². The van der Waals surface area contributed by atoms with Crippen molar-refractivity contribution in [3.63, 3.8) is 0 Å². The fourth-order valence-electron chi connectivity index (χ4n) is 5.18. The number of nitrogens with one attached hydrogen (secondary N) is 1. The highest BCUT2D eigenvalue weighted by molar-refractivity contribution is 5.83. The molecule has 1 aliphatic heterocycles. The Morgan fingerprint density at radius 3 is 2.78 bits per heavy atom. The first-order valence-corrected chi connectivity index (χ1v) is 12.8. The minimum atomic E-state index is -0.0530. The van der Waals surface area contributed by atoms with E-state index in [1.54, 1.807) is 0 Å². The van der Waals surface area contributed by atoms with Crippen molar-refractivity contribution in [2.45, 2.75) is 65.3 Å². The number of nitrogens with zero attached hydrogens (tertiary/aromatic N) is 5. The molecule has 2 aromatic carbocycles. The maximum Gasteiger partial charge on any atom is 0.252 e. The third kappa shape index (κ3) is 5.10. The second-order valence-corrected chi connectivity index (χ2v) is 9.76. The van der Waals surface area contributed by atoms with Crippen molar-refractivity contribution in [1.82, 2.24) is 30.1 Å². The molecule has 0 unspecified atom stereocenters. The van der Waals surface area contributed by atoms with E-state index in [-0.39, 0.29) is 17.7 Å². The van der Waals surface area contributed by atoms with Crippen LogP contribution < -0.4 is 5.56 Å². The molecule has 0 spiro atoms. The summed E-state index contributed by atoms with van der Waals surface area (Å²) in [5, 5.41) is 13.8. The molecule has 3 heterocycles. The van der Waals surface area contributed by atoms with Crippen LogP contribution in [0.3, 0.4) is 0 Å². The van der Waals surface area contributed by atoms with Gasteiger partial charge in [0, 0.05) is 25.3 Å². The first-order valence-electron chi connectivity index (χ1n) is 12.8. The number of aromatic amines is 1. The van der Waals surface area contributed by atoms with Gasteiger partial charge in [-0.25, -0.2) is 4.68 Å². The van der Waals surface area contributed by atoms with Crippen molar-refractivity contribution < 1.29 is 4.74 Å². The van der Waals surface area contributed by atoms with E-state index in [1.807, 2.05) is 28.9 Å². The first-order chi connectivity index (χ1) is 17.5. The molecule has 2 aromatic heterocycles. The fourth-order valence-corrected chi connectivity index (χ4v) is 5.18. The van der Waals surface area contributed by atoms with Gasteiger partial charge in [0.15, 0.2) is 5.82 Å². The predicted molar refractivity (Wildman–Crippen MR) is 140 cm³/mol. The molecule has 0 saturated carbocycles. The number of tetrazole rings is 1. The number of benzene rings is 2. The van der Waals surface area contributed by atoms with E-state index >= 15 is 0 Å². The molecule has 1 fully saturated rings. The Hall–Kier alpha value is -3.36. The van der Waals surface area contributed by atoms with Crippen LogP contribution >= 0.6 is 0 Å². The Kier molecular flexibility index (Phi) is 7.25. The lowest BCUT2D eigenvalue weighted by Crippen LogP contribution is -2.37. The van der Waals surface area contributed by atoms with Gasteiger partial charge in [-0.05, 0) is 71.7 Å². The minimum Gasteiger partial charge on any atom is -0.377 e. The summed E-state index contributed by atoms with van der Waals surface area (Å²) in [6, 6.07) is 16.4. The van der Waals surface area contributed by atoms with Crippen molar-refractivity contribution in [2.24, 2.45) is 0 Å². The molecule has 0 bridgehead atoms. The summed E-state index contributed by atoms with van der Waals surface area (Å²) in [5.74, 6) is 0.808. The average Bonchev–Trinajstić information content (AvgIpc) is 3.56. The van der Waals surface area contributed by atoms with E-state index in [4.69, 9.17) is 4.74 Å². The smallest absolute Gasteiger partial charge is 0.252 e. The Morgan fingerprint density at radius 1 is 1.19 bits per heavy atom. The van der Waals surface area contributed by atoms with Crippen LogP contribution in [0.5, 0.6) is 0 Å². The Morgan fingerprint density at radius 2 is 2.03 bits per heavy atom. The highest BCUT2D eigenvalue weighted by Crippen LogP contribution is 2.27. The number of pyridine rings is 1. The molecule has 4 aromatic rings. The number of fused-ring (bicyclic) bond motifs is 1. The van der Waals surface area contributed by atoms with E-state index < -0.39 is 0 Å². The third-order valence-electron chi connectivity index (χ3n) is 7.32. The Labute approximate surface area is 211 Å². The normalized spacial score (nSPS) is 16.7. The SMILES string of the molecule is CC[C@H](c1nnnn1Cc1ccccc1)N(Cc1cc2ccc(C)c(C)c2[nH]c1=O)C[C@@H]1CCCO1. The molecule has 36 heavy (non-hydrogen) atoms. The Balaban J connectivity index is 1.49. The zero-order chi connectivity index (χ0) is 25.1. The van der Waals surface area contributed by atoms with Crippen molar-refractivity contribution in [1.29, 1.82) is 0 Å². The maximum absolute atomic E-state index is 13.2. The van der Waals surface area contributed by atoms with Crippen LogP contribution in [0.1, 0.15) is 60.3 Å². The summed E-state index contributed by atoms with van der Waals surface area (Å²) in [6.45, 7) is 8.87.